The van der Waals surface area contributed by atoms with Crippen LogP contribution in [0.25, 0.3) is 0 Å². The average molecular weight is 280 g/mol. The first kappa shape index (κ1) is 16.3. The van der Waals surface area contributed by atoms with Crippen LogP contribution in [-0.2, 0) is 4.74 Å². The third kappa shape index (κ3) is 5.93. The summed E-state index contributed by atoms with van der Waals surface area (Å²) in [5.74, 6) is 0.868. The molecule has 0 fully saturated rings. The Morgan fingerprint density at radius 2 is 1.90 bits per heavy atom. The van der Waals surface area contributed by atoms with E-state index in [0.717, 1.165) is 17.7 Å². The molecule has 2 N–H and O–H groups in total. The maximum absolute atomic E-state index is 11.4. The molecule has 0 atom stereocenters. The van der Waals surface area contributed by atoms with Gasteiger partial charge in [0.25, 0.3) is 0 Å². The summed E-state index contributed by atoms with van der Waals surface area (Å²) >= 11 is 0. The van der Waals surface area contributed by atoms with Gasteiger partial charge in [-0.05, 0) is 37.5 Å². The Labute approximate surface area is 120 Å². The minimum absolute atomic E-state index is 0.175. The van der Waals surface area contributed by atoms with Gasteiger partial charge in [-0.3, -0.25) is 0 Å². The first-order valence-corrected chi connectivity index (χ1v) is 6.84. The lowest BCUT2D eigenvalue weighted by Crippen LogP contribution is -2.38. The summed E-state index contributed by atoms with van der Waals surface area (Å²) in [5.41, 5.74) is 2.34. The van der Waals surface area contributed by atoms with Crippen LogP contribution >= 0.6 is 0 Å². The third-order valence-electron chi connectivity index (χ3n) is 3.01. The van der Waals surface area contributed by atoms with Crippen LogP contribution in [0.15, 0.2) is 18.2 Å². The monoisotopic (exact) mass is 280 g/mol. The van der Waals surface area contributed by atoms with E-state index in [9.17, 15) is 4.79 Å². The summed E-state index contributed by atoms with van der Waals surface area (Å²) in [6.45, 7) is 6.27. The van der Waals surface area contributed by atoms with Crippen molar-refractivity contribution in [1.82, 2.24) is 10.6 Å². The van der Waals surface area contributed by atoms with E-state index in [1.807, 2.05) is 32.0 Å². The molecule has 20 heavy (non-hydrogen) atoms. The van der Waals surface area contributed by atoms with Crippen LogP contribution in [0.3, 0.4) is 0 Å². The van der Waals surface area contributed by atoms with Crippen LogP contribution in [0.4, 0.5) is 4.79 Å². The fraction of sp³-hybridized carbons (Fsp3) is 0.533. The van der Waals surface area contributed by atoms with Gasteiger partial charge in [-0.1, -0.05) is 12.1 Å². The molecule has 1 rings (SSSR count). The van der Waals surface area contributed by atoms with E-state index in [1.165, 1.54) is 5.56 Å². The SMILES string of the molecule is COCCCNC(=O)NCCOc1cccc(C)c1C. The molecule has 0 radical (unpaired) electrons. The molecule has 0 aromatic heterocycles. The molecule has 0 bridgehead atoms. The van der Waals surface area contributed by atoms with E-state index in [-0.39, 0.29) is 6.03 Å². The van der Waals surface area contributed by atoms with Crippen molar-refractivity contribution in [3.63, 3.8) is 0 Å². The van der Waals surface area contributed by atoms with Gasteiger partial charge in [-0.15, -0.1) is 0 Å². The predicted molar refractivity (Wildman–Crippen MR) is 79.3 cm³/mol. The van der Waals surface area contributed by atoms with Crippen molar-refractivity contribution in [2.75, 3.05) is 33.4 Å². The Morgan fingerprint density at radius 3 is 2.65 bits per heavy atom. The largest absolute Gasteiger partial charge is 0.491 e. The van der Waals surface area contributed by atoms with Crippen molar-refractivity contribution >= 4 is 6.03 Å². The number of aryl methyl sites for hydroxylation is 1. The Morgan fingerprint density at radius 1 is 1.15 bits per heavy atom. The standard InChI is InChI=1S/C15H24N2O3/c1-12-6-4-7-14(13(12)2)20-11-9-17-15(18)16-8-5-10-19-3/h4,6-7H,5,8-11H2,1-3H3,(H2,16,17,18). The van der Waals surface area contributed by atoms with Gasteiger partial charge in [0, 0.05) is 20.3 Å². The topological polar surface area (TPSA) is 59.6 Å². The van der Waals surface area contributed by atoms with Crippen LogP contribution in [0, 0.1) is 13.8 Å². The normalized spacial score (nSPS) is 10.2. The molecule has 0 unspecified atom stereocenters. The third-order valence-corrected chi connectivity index (χ3v) is 3.01. The molecule has 1 aromatic carbocycles. The second-order valence-corrected chi connectivity index (χ2v) is 4.58. The van der Waals surface area contributed by atoms with E-state index in [4.69, 9.17) is 9.47 Å². The Kier molecular flexibility index (Phi) is 7.50. The summed E-state index contributed by atoms with van der Waals surface area (Å²) in [7, 11) is 1.64. The number of nitrogens with one attached hydrogen (secondary N) is 2. The van der Waals surface area contributed by atoms with E-state index in [2.05, 4.69) is 10.6 Å². The average Bonchev–Trinajstić information content (AvgIpc) is 2.44. The molecule has 0 aliphatic carbocycles. The molecule has 5 nitrogen and oxygen atoms in total. The highest BCUT2D eigenvalue weighted by atomic mass is 16.5. The summed E-state index contributed by atoms with van der Waals surface area (Å²) in [5, 5.41) is 5.50. The minimum Gasteiger partial charge on any atom is -0.491 e. The number of benzene rings is 1. The number of ether oxygens (including phenoxy) is 2. The second-order valence-electron chi connectivity index (χ2n) is 4.58. The zero-order valence-electron chi connectivity index (χ0n) is 12.5. The second kappa shape index (κ2) is 9.20. The van der Waals surface area contributed by atoms with Gasteiger partial charge in [0.15, 0.2) is 0 Å². The number of carbonyl (C=O) groups excluding carboxylic acids is 1. The molecule has 0 spiro atoms. The number of hydrogen-bond donors (Lipinski definition) is 2. The summed E-state index contributed by atoms with van der Waals surface area (Å²) in [4.78, 5) is 11.4. The van der Waals surface area contributed by atoms with Crippen LogP contribution in [-0.4, -0.2) is 39.4 Å². The number of carbonyl (C=O) groups is 1. The maximum Gasteiger partial charge on any atom is 0.314 e. The number of methoxy groups -OCH3 is 1. The lowest BCUT2D eigenvalue weighted by molar-refractivity contribution is 0.193. The van der Waals surface area contributed by atoms with Crippen LogP contribution < -0.4 is 15.4 Å². The van der Waals surface area contributed by atoms with Crippen molar-refractivity contribution in [2.24, 2.45) is 0 Å². The molecule has 0 heterocycles. The predicted octanol–water partition coefficient (Wildman–Crippen LogP) is 2.02. The first-order valence-electron chi connectivity index (χ1n) is 6.84. The zero-order valence-corrected chi connectivity index (χ0v) is 12.5. The van der Waals surface area contributed by atoms with Crippen molar-refractivity contribution < 1.29 is 14.3 Å². The summed E-state index contributed by atoms with van der Waals surface area (Å²) in [6.07, 6.45) is 0.808. The number of amides is 2. The van der Waals surface area contributed by atoms with Gasteiger partial charge < -0.3 is 20.1 Å². The van der Waals surface area contributed by atoms with Crippen LogP contribution in [0.2, 0.25) is 0 Å². The Hall–Kier alpha value is -1.75. The van der Waals surface area contributed by atoms with Crippen molar-refractivity contribution in [3.05, 3.63) is 29.3 Å². The van der Waals surface area contributed by atoms with E-state index in [0.29, 0.717) is 26.3 Å². The van der Waals surface area contributed by atoms with Gasteiger partial charge in [0.2, 0.25) is 0 Å². The number of hydrogen-bond acceptors (Lipinski definition) is 3. The van der Waals surface area contributed by atoms with Gasteiger partial charge in [0.05, 0.1) is 6.54 Å². The van der Waals surface area contributed by atoms with Gasteiger partial charge in [0.1, 0.15) is 12.4 Å². The molecule has 1 aromatic rings. The Balaban J connectivity index is 2.15. The molecular weight excluding hydrogens is 256 g/mol. The molecule has 0 aliphatic rings. The highest BCUT2D eigenvalue weighted by molar-refractivity contribution is 5.73. The van der Waals surface area contributed by atoms with E-state index < -0.39 is 0 Å². The molecule has 112 valence electrons. The van der Waals surface area contributed by atoms with Crippen molar-refractivity contribution in [2.45, 2.75) is 20.3 Å². The van der Waals surface area contributed by atoms with Gasteiger partial charge in [-0.25, -0.2) is 4.79 Å². The molecule has 0 saturated heterocycles. The van der Waals surface area contributed by atoms with Crippen LogP contribution in [0.1, 0.15) is 17.5 Å². The quantitative estimate of drug-likeness (QED) is 0.716. The number of rotatable bonds is 8. The fourth-order valence-electron chi connectivity index (χ4n) is 1.69. The zero-order chi connectivity index (χ0) is 14.8. The summed E-state index contributed by atoms with van der Waals surface area (Å²) < 4.78 is 10.5. The van der Waals surface area contributed by atoms with E-state index in [1.54, 1.807) is 7.11 Å². The molecule has 0 saturated carbocycles. The van der Waals surface area contributed by atoms with Gasteiger partial charge in [-0.2, -0.15) is 0 Å². The van der Waals surface area contributed by atoms with E-state index >= 15 is 0 Å². The first-order chi connectivity index (χ1) is 9.65. The lowest BCUT2D eigenvalue weighted by Gasteiger charge is -2.11. The molecular formula is C15H24N2O3. The lowest BCUT2D eigenvalue weighted by atomic mass is 10.1. The van der Waals surface area contributed by atoms with Crippen molar-refractivity contribution in [1.29, 1.82) is 0 Å². The molecule has 0 aliphatic heterocycles. The molecule has 5 heteroatoms. The highest BCUT2D eigenvalue weighted by Crippen LogP contribution is 2.20. The fourth-order valence-corrected chi connectivity index (χ4v) is 1.69. The molecule has 2 amide bonds. The minimum atomic E-state index is -0.175. The van der Waals surface area contributed by atoms with Crippen LogP contribution in [0.5, 0.6) is 5.75 Å². The highest BCUT2D eigenvalue weighted by Gasteiger charge is 2.02. The number of urea groups is 1. The Bertz CT molecular complexity index is 422. The maximum atomic E-state index is 11.4. The summed E-state index contributed by atoms with van der Waals surface area (Å²) in [6, 6.07) is 5.78. The smallest absolute Gasteiger partial charge is 0.314 e. The van der Waals surface area contributed by atoms with Gasteiger partial charge >= 0.3 is 6.03 Å². The van der Waals surface area contributed by atoms with Crippen molar-refractivity contribution in [3.8, 4) is 5.75 Å².